The summed E-state index contributed by atoms with van der Waals surface area (Å²) in [6.07, 6.45) is -1.30. The zero-order chi connectivity index (χ0) is 27.6. The monoisotopic (exact) mass is 544 g/mol. The molecule has 0 bridgehead atoms. The number of carbonyl (C=O) groups excluding carboxylic acids is 1. The van der Waals surface area contributed by atoms with Crippen LogP contribution in [0.4, 0.5) is 23.7 Å². The Hall–Kier alpha value is -3.27. The molecule has 1 saturated carbocycles. The Morgan fingerprint density at radius 1 is 1.00 bits per heavy atom. The number of carbonyl (C=O) groups is 2. The average molecular weight is 545 g/mol. The third-order valence-electron chi connectivity index (χ3n) is 8.15. The molecule has 0 spiro atoms. The highest BCUT2D eigenvalue weighted by Crippen LogP contribution is 2.34. The van der Waals surface area contributed by atoms with Crippen LogP contribution in [0.15, 0.2) is 42.5 Å². The molecule has 7 nitrogen and oxygen atoms in total. The van der Waals surface area contributed by atoms with Crippen LogP contribution in [0, 0.1) is 5.92 Å². The third kappa shape index (κ3) is 6.66. The molecular formula is C29H35F3N4O3. The van der Waals surface area contributed by atoms with E-state index in [2.05, 4.69) is 16.3 Å². The first-order valence-electron chi connectivity index (χ1n) is 13.7. The molecule has 5 rings (SSSR count). The predicted octanol–water partition coefficient (Wildman–Crippen LogP) is 5.06. The second-order valence-electron chi connectivity index (χ2n) is 10.9. The maximum atomic E-state index is 13.7. The molecule has 0 unspecified atom stereocenters. The van der Waals surface area contributed by atoms with E-state index in [4.69, 9.17) is 0 Å². The molecule has 2 fully saturated rings. The molecular weight excluding hydrogens is 509 g/mol. The lowest BCUT2D eigenvalue weighted by Crippen LogP contribution is -2.49. The van der Waals surface area contributed by atoms with E-state index in [0.29, 0.717) is 12.8 Å². The molecule has 1 saturated heterocycles. The first kappa shape index (κ1) is 27.3. The summed E-state index contributed by atoms with van der Waals surface area (Å²) in [5.74, 6) is 0.519. The number of amides is 2. The molecule has 0 aromatic heterocycles. The van der Waals surface area contributed by atoms with Crippen molar-refractivity contribution in [3.8, 4) is 0 Å². The number of rotatable bonds is 8. The zero-order valence-corrected chi connectivity index (χ0v) is 21.9. The maximum absolute atomic E-state index is 13.7. The van der Waals surface area contributed by atoms with Crippen LogP contribution in [-0.2, 0) is 30.5 Å². The second kappa shape index (κ2) is 11.5. The highest BCUT2D eigenvalue weighted by atomic mass is 19.4. The average Bonchev–Trinajstić information content (AvgIpc) is 3.74. The largest absolute Gasteiger partial charge is 0.465 e. The Balaban J connectivity index is 1.31. The number of halogens is 3. The lowest BCUT2D eigenvalue weighted by molar-refractivity contribution is -0.140. The number of hydrogen-bond donors (Lipinski definition) is 2. The molecule has 0 radical (unpaired) electrons. The van der Waals surface area contributed by atoms with Gasteiger partial charge in [0.25, 0.3) is 0 Å². The summed E-state index contributed by atoms with van der Waals surface area (Å²) in [6, 6.07) is 11.0. The molecule has 2 heterocycles. The van der Waals surface area contributed by atoms with Crippen LogP contribution < -0.4 is 5.32 Å². The molecule has 210 valence electrons. The number of fused-ring (bicyclic) bond motifs is 1. The molecule has 2 N–H and O–H groups in total. The van der Waals surface area contributed by atoms with Crippen LogP contribution in [0.3, 0.4) is 0 Å². The van der Waals surface area contributed by atoms with Crippen LogP contribution in [0.25, 0.3) is 0 Å². The van der Waals surface area contributed by atoms with Crippen molar-refractivity contribution in [2.45, 2.75) is 57.4 Å². The summed E-state index contributed by atoms with van der Waals surface area (Å²) in [4.78, 5) is 30.2. The minimum absolute atomic E-state index is 0.0341. The van der Waals surface area contributed by atoms with Gasteiger partial charge in [0.15, 0.2) is 0 Å². The number of piperidine rings is 1. The SMILES string of the molecule is O=C(O)N1CCC(N(Cc2ccccc2C(F)(F)F)C(=O)CNc2cccc3c2CCN(CC2CC2)C3)CC1. The van der Waals surface area contributed by atoms with E-state index in [9.17, 15) is 27.9 Å². The van der Waals surface area contributed by atoms with Crippen molar-refractivity contribution in [3.63, 3.8) is 0 Å². The lowest BCUT2D eigenvalue weighted by Gasteiger charge is -2.38. The van der Waals surface area contributed by atoms with Gasteiger partial charge in [0.1, 0.15) is 0 Å². The topological polar surface area (TPSA) is 76.1 Å². The van der Waals surface area contributed by atoms with Crippen LogP contribution in [0.5, 0.6) is 0 Å². The molecule has 2 amide bonds. The van der Waals surface area contributed by atoms with E-state index in [1.54, 1.807) is 6.07 Å². The van der Waals surface area contributed by atoms with Crippen LogP contribution in [0.2, 0.25) is 0 Å². The fourth-order valence-corrected chi connectivity index (χ4v) is 5.84. The normalized spacial score (nSPS) is 18.5. The van der Waals surface area contributed by atoms with Gasteiger partial charge in [0.05, 0.1) is 12.1 Å². The van der Waals surface area contributed by atoms with E-state index < -0.39 is 17.8 Å². The fraction of sp³-hybridized carbons (Fsp3) is 0.517. The number of alkyl halides is 3. The van der Waals surface area contributed by atoms with Gasteiger partial charge in [-0.15, -0.1) is 0 Å². The summed E-state index contributed by atoms with van der Waals surface area (Å²) in [6.45, 7) is 3.23. The van der Waals surface area contributed by atoms with Crippen LogP contribution in [0.1, 0.15) is 47.9 Å². The molecule has 1 aliphatic carbocycles. The standard InChI is InChI=1S/C29H35F3N4O3/c30-29(31,32)25-6-2-1-4-22(25)19-36(23-10-14-35(15-11-23)28(38)39)27(37)16-33-26-7-3-5-21-18-34(13-12-24(21)26)17-20-8-9-20/h1-7,20,23,33H,8-19H2,(H,38,39). The van der Waals surface area contributed by atoms with E-state index >= 15 is 0 Å². The number of likely N-dealkylation sites (tertiary alicyclic amines) is 1. The molecule has 2 aromatic carbocycles. The molecule has 10 heteroatoms. The highest BCUT2D eigenvalue weighted by molar-refractivity contribution is 5.81. The second-order valence-corrected chi connectivity index (χ2v) is 10.9. The van der Waals surface area contributed by atoms with Gasteiger partial charge in [-0.25, -0.2) is 4.79 Å². The number of hydrogen-bond acceptors (Lipinski definition) is 4. The van der Waals surface area contributed by atoms with Gasteiger partial charge in [0, 0.05) is 51.0 Å². The predicted molar refractivity (Wildman–Crippen MR) is 141 cm³/mol. The Bertz CT molecular complexity index is 1190. The first-order chi connectivity index (χ1) is 18.7. The summed E-state index contributed by atoms with van der Waals surface area (Å²) >= 11 is 0. The van der Waals surface area contributed by atoms with Gasteiger partial charge in [-0.05, 0) is 66.8 Å². The molecule has 2 aliphatic heterocycles. The molecule has 3 aliphatic rings. The van der Waals surface area contributed by atoms with Crippen molar-refractivity contribution >= 4 is 17.7 Å². The van der Waals surface area contributed by atoms with Crippen molar-refractivity contribution in [2.75, 3.05) is 38.0 Å². The van der Waals surface area contributed by atoms with Gasteiger partial charge in [0.2, 0.25) is 5.91 Å². The van der Waals surface area contributed by atoms with E-state index in [1.807, 2.05) is 12.1 Å². The Morgan fingerprint density at radius 2 is 1.74 bits per heavy atom. The minimum Gasteiger partial charge on any atom is -0.465 e. The molecule has 39 heavy (non-hydrogen) atoms. The Morgan fingerprint density at radius 3 is 2.44 bits per heavy atom. The fourth-order valence-electron chi connectivity index (χ4n) is 5.84. The molecule has 0 atom stereocenters. The van der Waals surface area contributed by atoms with Crippen LogP contribution in [-0.4, -0.2) is 70.6 Å². The summed E-state index contributed by atoms with van der Waals surface area (Å²) < 4.78 is 41.2. The van der Waals surface area contributed by atoms with Crippen LogP contribution >= 0.6 is 0 Å². The lowest BCUT2D eigenvalue weighted by atomic mass is 9.97. The first-order valence-corrected chi connectivity index (χ1v) is 13.7. The zero-order valence-electron chi connectivity index (χ0n) is 21.9. The number of anilines is 1. The van der Waals surface area contributed by atoms with Gasteiger partial charge >= 0.3 is 12.3 Å². The summed E-state index contributed by atoms with van der Waals surface area (Å²) in [5.41, 5.74) is 2.61. The Kier molecular flexibility index (Phi) is 8.02. The van der Waals surface area contributed by atoms with Crippen molar-refractivity contribution in [3.05, 3.63) is 64.7 Å². The maximum Gasteiger partial charge on any atom is 0.416 e. The van der Waals surface area contributed by atoms with E-state index in [1.165, 1.54) is 45.9 Å². The number of nitrogens with zero attached hydrogens (tertiary/aromatic N) is 3. The quantitative estimate of drug-likeness (QED) is 0.486. The van der Waals surface area contributed by atoms with Crippen molar-refractivity contribution in [1.29, 1.82) is 0 Å². The third-order valence-corrected chi connectivity index (χ3v) is 8.15. The van der Waals surface area contributed by atoms with Crippen molar-refractivity contribution < 1.29 is 27.9 Å². The number of nitrogens with one attached hydrogen (secondary N) is 1. The van der Waals surface area contributed by atoms with Gasteiger partial charge < -0.3 is 20.2 Å². The van der Waals surface area contributed by atoms with Gasteiger partial charge in [-0.1, -0.05) is 30.3 Å². The van der Waals surface area contributed by atoms with Crippen molar-refractivity contribution in [2.24, 2.45) is 5.92 Å². The number of carboxylic acid groups (broad SMARTS) is 1. The van der Waals surface area contributed by atoms with Gasteiger partial charge in [-0.3, -0.25) is 9.69 Å². The molecule has 2 aromatic rings. The summed E-state index contributed by atoms with van der Waals surface area (Å²) in [5, 5.41) is 12.6. The number of benzene rings is 2. The Labute approximate surface area is 226 Å². The van der Waals surface area contributed by atoms with E-state index in [-0.39, 0.29) is 43.7 Å². The summed E-state index contributed by atoms with van der Waals surface area (Å²) in [7, 11) is 0. The highest BCUT2D eigenvalue weighted by Gasteiger charge is 2.36. The minimum atomic E-state index is -4.53. The van der Waals surface area contributed by atoms with E-state index in [0.717, 1.165) is 43.7 Å². The van der Waals surface area contributed by atoms with Crippen molar-refractivity contribution in [1.82, 2.24) is 14.7 Å². The smallest absolute Gasteiger partial charge is 0.416 e. The van der Waals surface area contributed by atoms with Gasteiger partial charge in [-0.2, -0.15) is 13.2 Å².